The van der Waals surface area contributed by atoms with Crippen LogP contribution in [0.15, 0.2) is 18.2 Å². The molecule has 1 aliphatic carbocycles. The predicted octanol–water partition coefficient (Wildman–Crippen LogP) is 4.08. The van der Waals surface area contributed by atoms with Crippen molar-refractivity contribution in [1.29, 1.82) is 0 Å². The third kappa shape index (κ3) is 3.27. The molecule has 0 spiro atoms. The van der Waals surface area contributed by atoms with E-state index >= 15 is 0 Å². The van der Waals surface area contributed by atoms with Crippen LogP contribution in [0.4, 0.5) is 0 Å². The fourth-order valence-corrected chi connectivity index (χ4v) is 3.23. The summed E-state index contributed by atoms with van der Waals surface area (Å²) in [6.45, 7) is 1.93. The van der Waals surface area contributed by atoms with Crippen LogP contribution in [0.5, 0.6) is 0 Å². The molecule has 2 nitrogen and oxygen atoms in total. The van der Waals surface area contributed by atoms with Gasteiger partial charge in [-0.2, -0.15) is 0 Å². The van der Waals surface area contributed by atoms with Gasteiger partial charge in [-0.1, -0.05) is 46.4 Å². The first kappa shape index (κ1) is 13.9. The van der Waals surface area contributed by atoms with Gasteiger partial charge in [0, 0.05) is 21.5 Å². The standard InChI is InChI=1S/C14H17BrClNO/c1-9-6-7-10(16)8-11(9)14(18)17-13-5-3-2-4-12(13)15/h6-8,12-13H,2-5H2,1H3,(H,17,18). The number of amides is 1. The molecule has 2 atom stereocenters. The summed E-state index contributed by atoms with van der Waals surface area (Å²) in [4.78, 5) is 12.6. The molecule has 0 saturated heterocycles. The van der Waals surface area contributed by atoms with Crippen LogP contribution in [0.3, 0.4) is 0 Å². The summed E-state index contributed by atoms with van der Waals surface area (Å²) in [5, 5.41) is 3.71. The Morgan fingerprint density at radius 1 is 1.39 bits per heavy atom. The van der Waals surface area contributed by atoms with Gasteiger partial charge in [0.1, 0.15) is 0 Å². The van der Waals surface area contributed by atoms with Gasteiger partial charge in [0.15, 0.2) is 0 Å². The molecule has 2 rings (SSSR count). The molecule has 1 aliphatic rings. The molecule has 0 heterocycles. The highest BCUT2D eigenvalue weighted by molar-refractivity contribution is 9.09. The zero-order valence-electron chi connectivity index (χ0n) is 10.4. The van der Waals surface area contributed by atoms with Crippen LogP contribution in [0.2, 0.25) is 5.02 Å². The molecule has 1 saturated carbocycles. The minimum Gasteiger partial charge on any atom is -0.348 e. The Morgan fingerprint density at radius 2 is 2.11 bits per heavy atom. The number of nitrogens with one attached hydrogen (secondary N) is 1. The Bertz CT molecular complexity index is 449. The van der Waals surface area contributed by atoms with E-state index in [2.05, 4.69) is 21.2 Å². The lowest BCUT2D eigenvalue weighted by molar-refractivity contribution is 0.0929. The number of aryl methyl sites for hydroxylation is 1. The summed E-state index contributed by atoms with van der Waals surface area (Å²) in [6, 6.07) is 5.65. The highest BCUT2D eigenvalue weighted by Crippen LogP contribution is 2.25. The third-order valence-electron chi connectivity index (χ3n) is 3.44. The number of carbonyl (C=O) groups is 1. The molecule has 18 heavy (non-hydrogen) atoms. The van der Waals surface area contributed by atoms with E-state index < -0.39 is 0 Å². The van der Waals surface area contributed by atoms with Crippen LogP contribution < -0.4 is 5.32 Å². The normalized spacial score (nSPS) is 23.7. The molecule has 98 valence electrons. The molecule has 0 bridgehead atoms. The predicted molar refractivity (Wildman–Crippen MR) is 78.6 cm³/mol. The quantitative estimate of drug-likeness (QED) is 0.813. The van der Waals surface area contributed by atoms with Crippen molar-refractivity contribution in [3.63, 3.8) is 0 Å². The minimum absolute atomic E-state index is 0.0219. The number of halogens is 2. The van der Waals surface area contributed by atoms with Crippen LogP contribution in [0, 0.1) is 6.92 Å². The average Bonchev–Trinajstić information content (AvgIpc) is 2.35. The van der Waals surface area contributed by atoms with Crippen LogP contribution in [-0.2, 0) is 0 Å². The van der Waals surface area contributed by atoms with Crippen molar-refractivity contribution in [3.8, 4) is 0 Å². The van der Waals surface area contributed by atoms with Crippen molar-refractivity contribution in [1.82, 2.24) is 5.32 Å². The fraction of sp³-hybridized carbons (Fsp3) is 0.500. The van der Waals surface area contributed by atoms with Crippen LogP contribution in [0.25, 0.3) is 0 Å². The summed E-state index contributed by atoms with van der Waals surface area (Å²) >= 11 is 9.59. The van der Waals surface area contributed by atoms with E-state index in [4.69, 9.17) is 11.6 Å². The summed E-state index contributed by atoms with van der Waals surface area (Å²) < 4.78 is 0. The largest absolute Gasteiger partial charge is 0.348 e. The van der Waals surface area contributed by atoms with Crippen LogP contribution >= 0.6 is 27.5 Å². The van der Waals surface area contributed by atoms with Gasteiger partial charge in [-0.15, -0.1) is 0 Å². The van der Waals surface area contributed by atoms with E-state index in [1.165, 1.54) is 12.8 Å². The van der Waals surface area contributed by atoms with Crippen molar-refractivity contribution in [2.45, 2.75) is 43.5 Å². The van der Waals surface area contributed by atoms with Gasteiger partial charge >= 0.3 is 0 Å². The zero-order chi connectivity index (χ0) is 13.1. The Kier molecular flexibility index (Phi) is 4.68. The topological polar surface area (TPSA) is 29.1 Å². The van der Waals surface area contributed by atoms with Crippen molar-refractivity contribution in [2.24, 2.45) is 0 Å². The van der Waals surface area contributed by atoms with Gasteiger partial charge in [0.05, 0.1) is 0 Å². The number of hydrogen-bond acceptors (Lipinski definition) is 1. The number of rotatable bonds is 2. The molecule has 0 radical (unpaired) electrons. The molecule has 1 fully saturated rings. The summed E-state index contributed by atoms with van der Waals surface area (Å²) in [6.07, 6.45) is 4.58. The number of carbonyl (C=O) groups excluding carboxylic acids is 1. The third-order valence-corrected chi connectivity index (χ3v) is 4.77. The van der Waals surface area contributed by atoms with Crippen LogP contribution in [0.1, 0.15) is 41.6 Å². The second-order valence-electron chi connectivity index (χ2n) is 4.84. The van der Waals surface area contributed by atoms with Gasteiger partial charge in [-0.25, -0.2) is 0 Å². The Hall–Kier alpha value is -0.540. The molecule has 1 amide bonds. The number of hydrogen-bond donors (Lipinski definition) is 1. The Labute approximate surface area is 121 Å². The van der Waals surface area contributed by atoms with Gasteiger partial charge in [0.25, 0.3) is 5.91 Å². The number of benzene rings is 1. The second-order valence-corrected chi connectivity index (χ2v) is 6.45. The first-order valence-corrected chi connectivity index (χ1v) is 7.58. The maximum absolute atomic E-state index is 12.2. The van der Waals surface area contributed by atoms with E-state index in [1.54, 1.807) is 6.07 Å². The lowest BCUT2D eigenvalue weighted by Crippen LogP contribution is -2.42. The van der Waals surface area contributed by atoms with Gasteiger partial charge in [-0.05, 0) is 37.5 Å². The average molecular weight is 331 g/mol. The molecule has 0 aliphatic heterocycles. The lowest BCUT2D eigenvalue weighted by Gasteiger charge is -2.28. The first-order chi connectivity index (χ1) is 8.58. The van der Waals surface area contributed by atoms with E-state index in [-0.39, 0.29) is 11.9 Å². The monoisotopic (exact) mass is 329 g/mol. The van der Waals surface area contributed by atoms with Crippen molar-refractivity contribution < 1.29 is 4.79 Å². The molecular weight excluding hydrogens is 314 g/mol. The maximum atomic E-state index is 12.2. The number of alkyl halides is 1. The van der Waals surface area contributed by atoms with Gasteiger partial charge in [-0.3, -0.25) is 4.79 Å². The van der Waals surface area contributed by atoms with E-state index in [0.29, 0.717) is 15.4 Å². The van der Waals surface area contributed by atoms with Gasteiger partial charge in [0.2, 0.25) is 0 Å². The van der Waals surface area contributed by atoms with Crippen molar-refractivity contribution in [3.05, 3.63) is 34.3 Å². The van der Waals surface area contributed by atoms with Crippen molar-refractivity contribution in [2.75, 3.05) is 0 Å². The van der Waals surface area contributed by atoms with Crippen LogP contribution in [-0.4, -0.2) is 16.8 Å². The molecule has 4 heteroatoms. The smallest absolute Gasteiger partial charge is 0.251 e. The van der Waals surface area contributed by atoms with Gasteiger partial charge < -0.3 is 5.32 Å². The highest BCUT2D eigenvalue weighted by Gasteiger charge is 2.24. The Morgan fingerprint density at radius 3 is 2.83 bits per heavy atom. The summed E-state index contributed by atoms with van der Waals surface area (Å²) in [7, 11) is 0. The zero-order valence-corrected chi connectivity index (χ0v) is 12.7. The SMILES string of the molecule is Cc1ccc(Cl)cc1C(=O)NC1CCCCC1Br. The van der Waals surface area contributed by atoms with E-state index in [9.17, 15) is 4.79 Å². The van der Waals surface area contributed by atoms with E-state index in [1.807, 2.05) is 19.1 Å². The minimum atomic E-state index is -0.0219. The molecule has 1 aromatic carbocycles. The maximum Gasteiger partial charge on any atom is 0.251 e. The molecule has 2 unspecified atom stereocenters. The molecule has 1 aromatic rings. The Balaban J connectivity index is 2.09. The molecule has 0 aromatic heterocycles. The summed E-state index contributed by atoms with van der Waals surface area (Å²) in [5.41, 5.74) is 1.63. The second kappa shape index (κ2) is 6.07. The molecular formula is C14H17BrClNO. The highest BCUT2D eigenvalue weighted by atomic mass is 79.9. The summed E-state index contributed by atoms with van der Waals surface area (Å²) in [5.74, 6) is -0.0219. The van der Waals surface area contributed by atoms with Crippen molar-refractivity contribution >= 4 is 33.4 Å². The lowest BCUT2D eigenvalue weighted by atomic mass is 9.95. The van der Waals surface area contributed by atoms with E-state index in [0.717, 1.165) is 18.4 Å². The first-order valence-electron chi connectivity index (χ1n) is 6.29. The fourth-order valence-electron chi connectivity index (χ4n) is 2.33. The molecule has 1 N–H and O–H groups in total.